The lowest BCUT2D eigenvalue weighted by Gasteiger charge is -2.23. The van der Waals surface area contributed by atoms with Gasteiger partial charge in [-0.05, 0) is 24.1 Å². The van der Waals surface area contributed by atoms with E-state index in [2.05, 4.69) is 11.4 Å². The molecule has 2 aromatic carbocycles. The summed E-state index contributed by atoms with van der Waals surface area (Å²) in [6.07, 6.45) is -0.383. The third-order valence-electron chi connectivity index (χ3n) is 5.07. The number of nitrogens with one attached hydrogen (secondary N) is 1. The number of likely N-dealkylation sites (N-methyl/N-ethyl adjacent to an activating group) is 1. The highest BCUT2D eigenvalue weighted by Crippen LogP contribution is 2.24. The standard InChI is InChI=1S/C23H24N4O4/c1-26(23(30)31-16-17-8-4-2-5-9-17)15-21(28)27-14-18(12-20(27)13-24)22(29)25-19-10-6-3-7-11-19/h2-11,18,20H,12,14-16H2,1H3,(H,25,29)/t18-,20-/m0/s1. The van der Waals surface area contributed by atoms with Gasteiger partial charge >= 0.3 is 6.09 Å². The smallest absolute Gasteiger partial charge is 0.410 e. The summed E-state index contributed by atoms with van der Waals surface area (Å²) < 4.78 is 5.22. The van der Waals surface area contributed by atoms with Gasteiger partial charge in [-0.3, -0.25) is 9.59 Å². The van der Waals surface area contributed by atoms with Gasteiger partial charge in [-0.2, -0.15) is 5.26 Å². The monoisotopic (exact) mass is 420 g/mol. The first kappa shape index (κ1) is 21.8. The molecule has 1 heterocycles. The van der Waals surface area contributed by atoms with Gasteiger partial charge < -0.3 is 19.9 Å². The largest absolute Gasteiger partial charge is 0.445 e. The molecule has 1 saturated heterocycles. The molecule has 3 rings (SSSR count). The van der Waals surface area contributed by atoms with Gasteiger partial charge in [0.05, 0.1) is 12.0 Å². The summed E-state index contributed by atoms with van der Waals surface area (Å²) in [5.74, 6) is -1.14. The molecule has 0 unspecified atom stereocenters. The molecule has 0 aliphatic carbocycles. The highest BCUT2D eigenvalue weighted by Gasteiger charge is 2.39. The lowest BCUT2D eigenvalue weighted by atomic mass is 10.1. The first-order chi connectivity index (χ1) is 15.0. The number of benzene rings is 2. The molecule has 3 amide bonds. The Balaban J connectivity index is 1.53. The van der Waals surface area contributed by atoms with Crippen molar-refractivity contribution in [1.29, 1.82) is 5.26 Å². The van der Waals surface area contributed by atoms with Crippen LogP contribution in [0.5, 0.6) is 0 Å². The topological polar surface area (TPSA) is 103 Å². The first-order valence-corrected chi connectivity index (χ1v) is 9.94. The van der Waals surface area contributed by atoms with Gasteiger partial charge in [-0.15, -0.1) is 0 Å². The minimum atomic E-state index is -0.715. The average Bonchev–Trinajstić information content (AvgIpc) is 3.23. The summed E-state index contributed by atoms with van der Waals surface area (Å²) in [6.45, 7) is -0.00801. The van der Waals surface area contributed by atoms with Crippen molar-refractivity contribution in [2.24, 2.45) is 5.92 Å². The zero-order valence-electron chi connectivity index (χ0n) is 17.2. The second-order valence-electron chi connectivity index (χ2n) is 7.38. The Bertz CT molecular complexity index is 959. The Morgan fingerprint density at radius 3 is 2.42 bits per heavy atom. The molecule has 8 heteroatoms. The van der Waals surface area contributed by atoms with E-state index >= 15 is 0 Å². The second kappa shape index (κ2) is 10.3. The van der Waals surface area contributed by atoms with E-state index in [0.717, 1.165) is 10.5 Å². The van der Waals surface area contributed by atoms with Crippen molar-refractivity contribution < 1.29 is 19.1 Å². The summed E-state index contributed by atoms with van der Waals surface area (Å²) >= 11 is 0. The Hall–Kier alpha value is -3.86. The van der Waals surface area contributed by atoms with Crippen molar-refractivity contribution in [3.63, 3.8) is 0 Å². The molecule has 160 valence electrons. The number of nitriles is 1. The highest BCUT2D eigenvalue weighted by molar-refractivity contribution is 5.94. The van der Waals surface area contributed by atoms with E-state index in [1.165, 1.54) is 11.9 Å². The van der Waals surface area contributed by atoms with Crippen LogP contribution >= 0.6 is 0 Å². The van der Waals surface area contributed by atoms with Gasteiger partial charge in [0.2, 0.25) is 11.8 Å². The first-order valence-electron chi connectivity index (χ1n) is 9.94. The van der Waals surface area contributed by atoms with E-state index in [1.807, 2.05) is 48.5 Å². The Morgan fingerprint density at radius 1 is 1.13 bits per heavy atom. The summed E-state index contributed by atoms with van der Waals surface area (Å²) in [6, 6.07) is 19.6. The summed E-state index contributed by atoms with van der Waals surface area (Å²) in [5.41, 5.74) is 1.50. The third-order valence-corrected chi connectivity index (χ3v) is 5.07. The molecular weight excluding hydrogens is 396 g/mol. The summed E-state index contributed by atoms with van der Waals surface area (Å²) in [4.78, 5) is 40.0. The average molecular weight is 420 g/mol. The highest BCUT2D eigenvalue weighted by atomic mass is 16.6. The van der Waals surface area contributed by atoms with Gasteiger partial charge in [0.15, 0.2) is 0 Å². The number of likely N-dealkylation sites (tertiary alicyclic amines) is 1. The van der Waals surface area contributed by atoms with Gasteiger partial charge in [0, 0.05) is 19.3 Å². The Kier molecular flexibility index (Phi) is 7.22. The maximum atomic E-state index is 12.7. The predicted octanol–water partition coefficient (Wildman–Crippen LogP) is 2.63. The molecule has 1 fully saturated rings. The van der Waals surface area contributed by atoms with Gasteiger partial charge in [0.25, 0.3) is 0 Å². The summed E-state index contributed by atoms with van der Waals surface area (Å²) in [7, 11) is 1.46. The summed E-state index contributed by atoms with van der Waals surface area (Å²) in [5, 5.41) is 12.3. The molecule has 1 aliphatic heterocycles. The number of hydrogen-bond acceptors (Lipinski definition) is 5. The van der Waals surface area contributed by atoms with Crippen LogP contribution in [0.25, 0.3) is 0 Å². The fraction of sp³-hybridized carbons (Fsp3) is 0.304. The molecular formula is C23H24N4O4. The maximum Gasteiger partial charge on any atom is 0.410 e. The molecule has 8 nitrogen and oxygen atoms in total. The van der Waals surface area contributed by atoms with Crippen LogP contribution in [0.1, 0.15) is 12.0 Å². The van der Waals surface area contributed by atoms with E-state index in [4.69, 9.17) is 4.74 Å². The maximum absolute atomic E-state index is 12.7. The van der Waals surface area contributed by atoms with Crippen LogP contribution in [0.2, 0.25) is 0 Å². The number of hydrogen-bond donors (Lipinski definition) is 1. The van der Waals surface area contributed by atoms with Crippen LogP contribution in [0.15, 0.2) is 60.7 Å². The van der Waals surface area contributed by atoms with Crippen molar-refractivity contribution in [1.82, 2.24) is 9.80 Å². The number of nitrogens with zero attached hydrogens (tertiary/aromatic N) is 3. The molecule has 1 aliphatic rings. The quantitative estimate of drug-likeness (QED) is 0.774. The van der Waals surface area contributed by atoms with Crippen LogP contribution in [-0.4, -0.2) is 53.9 Å². The van der Waals surface area contributed by atoms with E-state index in [0.29, 0.717) is 5.69 Å². The fourth-order valence-electron chi connectivity index (χ4n) is 3.38. The van der Waals surface area contributed by atoms with Gasteiger partial charge in [0.1, 0.15) is 19.2 Å². The molecule has 31 heavy (non-hydrogen) atoms. The molecule has 0 saturated carbocycles. The van der Waals surface area contributed by atoms with Crippen molar-refractivity contribution in [2.75, 3.05) is 25.5 Å². The second-order valence-corrected chi connectivity index (χ2v) is 7.38. The van der Waals surface area contributed by atoms with Crippen LogP contribution < -0.4 is 5.32 Å². The number of anilines is 1. The van der Waals surface area contributed by atoms with Crippen LogP contribution in [0.3, 0.4) is 0 Å². The molecule has 0 radical (unpaired) electrons. The normalized spacial score (nSPS) is 17.5. The van der Waals surface area contributed by atoms with Gasteiger partial charge in [-0.25, -0.2) is 4.79 Å². The number of carbonyl (C=O) groups excluding carboxylic acids is 3. The minimum absolute atomic E-state index is 0.102. The molecule has 0 spiro atoms. The van der Waals surface area contributed by atoms with E-state index in [-0.39, 0.29) is 32.0 Å². The van der Waals surface area contributed by atoms with Crippen molar-refractivity contribution in [2.45, 2.75) is 19.1 Å². The lowest BCUT2D eigenvalue weighted by Crippen LogP contribution is -2.43. The van der Waals surface area contributed by atoms with E-state index in [1.54, 1.807) is 12.1 Å². The lowest BCUT2D eigenvalue weighted by molar-refractivity contribution is -0.132. The molecule has 2 aromatic rings. The third kappa shape index (κ3) is 5.82. The zero-order chi connectivity index (χ0) is 22.2. The van der Waals surface area contributed by atoms with Crippen LogP contribution in [0, 0.1) is 17.2 Å². The van der Waals surface area contributed by atoms with Crippen molar-refractivity contribution >= 4 is 23.6 Å². The zero-order valence-corrected chi connectivity index (χ0v) is 17.2. The molecule has 0 bridgehead atoms. The van der Waals surface area contributed by atoms with E-state index < -0.39 is 24.0 Å². The number of ether oxygens (including phenoxy) is 1. The van der Waals surface area contributed by atoms with Gasteiger partial charge in [-0.1, -0.05) is 48.5 Å². The molecule has 2 atom stereocenters. The fourth-order valence-corrected chi connectivity index (χ4v) is 3.38. The Morgan fingerprint density at radius 2 is 1.77 bits per heavy atom. The minimum Gasteiger partial charge on any atom is -0.445 e. The van der Waals surface area contributed by atoms with Crippen LogP contribution in [0.4, 0.5) is 10.5 Å². The number of carbonyl (C=O) groups is 3. The van der Waals surface area contributed by atoms with Crippen molar-refractivity contribution in [3.8, 4) is 6.07 Å². The van der Waals surface area contributed by atoms with E-state index in [9.17, 15) is 19.6 Å². The Labute approximate surface area is 181 Å². The number of amides is 3. The predicted molar refractivity (Wildman–Crippen MR) is 114 cm³/mol. The number of rotatable bonds is 6. The van der Waals surface area contributed by atoms with Crippen molar-refractivity contribution in [3.05, 3.63) is 66.2 Å². The molecule has 1 N–H and O–H groups in total. The number of para-hydroxylation sites is 1. The van der Waals surface area contributed by atoms with Crippen LogP contribution in [-0.2, 0) is 20.9 Å². The molecule has 0 aromatic heterocycles. The SMILES string of the molecule is CN(CC(=O)N1C[C@@H](C(=O)Nc2ccccc2)C[C@H]1C#N)C(=O)OCc1ccccc1.